The third kappa shape index (κ3) is 6.77. The van der Waals surface area contributed by atoms with Crippen molar-refractivity contribution in [3.05, 3.63) is 42.1 Å². The molecule has 7 saturated carbocycles. The lowest BCUT2D eigenvalue weighted by Crippen LogP contribution is -2.67. The Labute approximate surface area is 392 Å². The monoisotopic (exact) mass is 912 g/mol. The highest BCUT2D eigenvalue weighted by atomic mass is 19.1. The minimum Gasteiger partial charge on any atom is -0.481 e. The summed E-state index contributed by atoms with van der Waals surface area (Å²) in [6.45, 7) is 20.4. The Balaban J connectivity index is 0.927. The lowest BCUT2D eigenvalue weighted by molar-refractivity contribution is -0.253. The van der Waals surface area contributed by atoms with Crippen LogP contribution in [0.4, 0.5) is 4.39 Å². The number of nitrogens with one attached hydrogen (secondary N) is 1. The smallest absolute Gasteiger partial charge is 0.309 e. The molecular formula is C55H78FN3O7. The number of aliphatic carboxylic acids is 1. The summed E-state index contributed by atoms with van der Waals surface area (Å²) in [5.74, 6) is 1.10. The highest BCUT2D eigenvalue weighted by molar-refractivity contribution is 5.85. The number of hydrogen-bond acceptors (Lipinski definition) is 7. The van der Waals surface area contributed by atoms with Crippen LogP contribution in [-0.4, -0.2) is 76.9 Å². The van der Waals surface area contributed by atoms with Crippen molar-refractivity contribution in [1.29, 1.82) is 0 Å². The zero-order chi connectivity index (χ0) is 47.0. The second-order valence-corrected chi connectivity index (χ2v) is 25.3. The van der Waals surface area contributed by atoms with E-state index in [0.717, 1.165) is 74.9 Å². The van der Waals surface area contributed by atoms with Gasteiger partial charge in [-0.15, -0.1) is 0 Å². The van der Waals surface area contributed by atoms with Crippen molar-refractivity contribution in [2.45, 2.75) is 164 Å². The highest BCUT2D eigenvalue weighted by Crippen LogP contribution is 2.79. The molecule has 8 fully saturated rings. The molecular weight excluding hydrogens is 834 g/mol. The number of ether oxygens (including phenoxy) is 3. The van der Waals surface area contributed by atoms with Crippen LogP contribution in [-0.2, 0) is 28.6 Å². The number of aromatic amines is 1. The number of fused-ring (bicyclic) bond motifs is 7. The standard InChI is InChI=1S/C55H78FN3O7/c1-49(2)37(46(60)61)29-38(49)47(62)66-43-18-19-52(6)41(50(43,3)4)17-20-54(8)42(52)15-14-36-44-35(51(5)22-23-51)16-21-55(44,25-24-53(36,54)7)48(63)59-31-34(65-27-26-64-9)28-40(59)45-57-30-39(58-45)32-10-12-33(56)13-11-32/h10-13,30,34-38,40-44H,14-29,31H2,1-9H3,(H,57,58)(H,60,61)/t34-,35?,36-,37+,38-,40+,41+,42-,43+,44-,52+,53-,54-,55+/m1/s1. The average Bonchev–Trinajstić information content (AvgIpc) is 3.60. The summed E-state index contributed by atoms with van der Waals surface area (Å²) in [4.78, 5) is 52.5. The fraction of sp³-hybridized carbons (Fsp3) is 0.782. The van der Waals surface area contributed by atoms with Crippen LogP contribution in [0.5, 0.6) is 0 Å². The van der Waals surface area contributed by atoms with Gasteiger partial charge in [-0.2, -0.15) is 0 Å². The van der Waals surface area contributed by atoms with Crippen LogP contribution in [0.15, 0.2) is 30.5 Å². The van der Waals surface area contributed by atoms with Crippen LogP contribution in [0.1, 0.15) is 157 Å². The van der Waals surface area contributed by atoms with Gasteiger partial charge in [0.1, 0.15) is 17.7 Å². The second-order valence-electron chi connectivity index (χ2n) is 25.3. The van der Waals surface area contributed by atoms with Gasteiger partial charge in [0, 0.05) is 37.3 Å². The Hall–Kier alpha value is -3.31. The molecule has 7 aliphatic carbocycles. The third-order valence-corrected chi connectivity index (χ3v) is 22.1. The van der Waals surface area contributed by atoms with E-state index in [4.69, 9.17) is 19.2 Å². The van der Waals surface area contributed by atoms with Crippen LogP contribution in [0.2, 0.25) is 0 Å². The Morgan fingerprint density at radius 1 is 0.788 bits per heavy atom. The molecule has 1 saturated heterocycles. The lowest BCUT2D eigenvalue weighted by Gasteiger charge is -2.73. The van der Waals surface area contributed by atoms with E-state index in [1.165, 1.54) is 31.4 Å². The van der Waals surface area contributed by atoms with E-state index in [1.54, 1.807) is 19.2 Å². The van der Waals surface area contributed by atoms with Gasteiger partial charge in [0.2, 0.25) is 5.91 Å². The molecule has 362 valence electrons. The van der Waals surface area contributed by atoms with Crippen LogP contribution in [0, 0.1) is 85.1 Å². The molecule has 66 heavy (non-hydrogen) atoms. The van der Waals surface area contributed by atoms with Gasteiger partial charge in [0.15, 0.2) is 0 Å². The van der Waals surface area contributed by atoms with E-state index in [2.05, 4.69) is 51.4 Å². The zero-order valence-electron chi connectivity index (χ0n) is 41.4. The maximum Gasteiger partial charge on any atom is 0.309 e. The molecule has 0 spiro atoms. The van der Waals surface area contributed by atoms with Gasteiger partial charge in [-0.25, -0.2) is 9.37 Å². The number of rotatable bonds is 11. The third-order valence-electron chi connectivity index (χ3n) is 22.1. The SMILES string of the molecule is COCCO[C@@H]1C[C@@H](c2nc(-c3ccc(F)cc3)c[nH]2)N(C(=O)[C@]23CCC(C4(C)CC4)[C@@H]2[C@H]2CC[C@@H]4[C@@]5(C)CC[C@H](OC(=O)[C@H]6C[C@@H](C(=O)O)C6(C)C)C(C)(C)[C@@H]5CC[C@@]4(C)[C@]2(C)CC3)C1. The molecule has 14 atom stereocenters. The van der Waals surface area contributed by atoms with Crippen LogP contribution < -0.4 is 0 Å². The number of carboxylic acids is 1. The van der Waals surface area contributed by atoms with Gasteiger partial charge in [-0.3, -0.25) is 14.4 Å². The number of likely N-dealkylation sites (tertiary alicyclic amines) is 1. The van der Waals surface area contributed by atoms with Crippen molar-refractivity contribution < 1.29 is 38.1 Å². The van der Waals surface area contributed by atoms with E-state index in [9.17, 15) is 19.1 Å². The molecule has 1 amide bonds. The molecule has 10 rings (SSSR count). The normalized spacial score (nSPS) is 42.5. The van der Waals surface area contributed by atoms with Gasteiger partial charge in [0.25, 0.3) is 0 Å². The number of imidazole rings is 1. The van der Waals surface area contributed by atoms with Crippen molar-refractivity contribution in [3.8, 4) is 11.3 Å². The maximum absolute atomic E-state index is 16.1. The molecule has 11 heteroatoms. The summed E-state index contributed by atoms with van der Waals surface area (Å²) in [5, 5.41) is 9.75. The van der Waals surface area contributed by atoms with Gasteiger partial charge in [-0.1, -0.05) is 55.4 Å². The van der Waals surface area contributed by atoms with Gasteiger partial charge in [0.05, 0.1) is 48.3 Å². The van der Waals surface area contributed by atoms with E-state index < -0.39 is 22.7 Å². The molecule has 1 aliphatic heterocycles. The maximum atomic E-state index is 16.1. The Morgan fingerprint density at radius 2 is 1.53 bits per heavy atom. The minimum atomic E-state index is -0.825. The average molecular weight is 912 g/mol. The van der Waals surface area contributed by atoms with Crippen molar-refractivity contribution >= 4 is 17.8 Å². The Morgan fingerprint density at radius 3 is 2.21 bits per heavy atom. The minimum absolute atomic E-state index is 0.0808. The van der Waals surface area contributed by atoms with Crippen LogP contribution >= 0.6 is 0 Å². The number of esters is 1. The molecule has 1 unspecified atom stereocenters. The van der Waals surface area contributed by atoms with E-state index in [0.29, 0.717) is 68.1 Å². The topological polar surface area (TPSA) is 131 Å². The summed E-state index contributed by atoms with van der Waals surface area (Å²) in [7, 11) is 1.69. The Bertz CT molecular complexity index is 2220. The van der Waals surface area contributed by atoms with Crippen molar-refractivity contribution in [1.82, 2.24) is 14.9 Å². The van der Waals surface area contributed by atoms with Gasteiger partial charge in [-0.05, 0) is 164 Å². The summed E-state index contributed by atoms with van der Waals surface area (Å²) in [6.07, 6.45) is 15.6. The first kappa shape index (κ1) is 46.4. The first-order valence-electron chi connectivity index (χ1n) is 25.8. The number of carbonyl (C=O) groups excluding carboxylic acids is 2. The molecule has 2 aromatic rings. The lowest BCUT2D eigenvalue weighted by atomic mass is 9.32. The molecule has 2 heterocycles. The van der Waals surface area contributed by atoms with Crippen LogP contribution in [0.25, 0.3) is 11.3 Å². The zero-order valence-corrected chi connectivity index (χ0v) is 41.4. The van der Waals surface area contributed by atoms with E-state index in [-0.39, 0.29) is 63.0 Å². The molecule has 8 aliphatic rings. The van der Waals surface area contributed by atoms with Crippen molar-refractivity contribution in [2.75, 3.05) is 26.9 Å². The number of H-pyrrole nitrogens is 1. The summed E-state index contributed by atoms with van der Waals surface area (Å²) in [5.41, 5.74) is 0.898. The van der Waals surface area contributed by atoms with Gasteiger partial charge >= 0.3 is 11.9 Å². The second kappa shape index (κ2) is 15.9. The fourth-order valence-electron chi connectivity index (χ4n) is 17.7. The number of aromatic nitrogens is 2. The van der Waals surface area contributed by atoms with E-state index in [1.807, 2.05) is 20.0 Å². The molecule has 0 bridgehead atoms. The molecule has 10 nitrogen and oxygen atoms in total. The quantitative estimate of drug-likeness (QED) is 0.168. The number of halogens is 1. The number of amides is 1. The predicted molar refractivity (Wildman–Crippen MR) is 249 cm³/mol. The largest absolute Gasteiger partial charge is 0.481 e. The summed E-state index contributed by atoms with van der Waals surface area (Å²) < 4.78 is 32.2. The number of hydrogen-bond donors (Lipinski definition) is 2. The molecule has 0 radical (unpaired) electrons. The van der Waals surface area contributed by atoms with Crippen molar-refractivity contribution in [3.63, 3.8) is 0 Å². The number of carbonyl (C=O) groups is 3. The highest BCUT2D eigenvalue weighted by Gasteiger charge is 2.74. The fourth-order valence-corrected chi connectivity index (χ4v) is 17.7. The predicted octanol–water partition coefficient (Wildman–Crippen LogP) is 11.1. The van der Waals surface area contributed by atoms with Crippen LogP contribution in [0.3, 0.4) is 0 Å². The molecule has 2 N–H and O–H groups in total. The molecule has 1 aromatic carbocycles. The van der Waals surface area contributed by atoms with E-state index >= 15 is 4.79 Å². The summed E-state index contributed by atoms with van der Waals surface area (Å²) >= 11 is 0. The number of benzene rings is 1. The first-order valence-corrected chi connectivity index (χ1v) is 25.8. The Kier molecular flexibility index (Phi) is 11.2. The summed E-state index contributed by atoms with van der Waals surface area (Å²) in [6, 6.07) is 6.19. The number of methoxy groups -OCH3 is 1. The number of nitrogens with zero attached hydrogens (tertiary/aromatic N) is 2. The molecule has 1 aromatic heterocycles. The number of carboxylic acid groups (broad SMARTS) is 1. The van der Waals surface area contributed by atoms with Crippen molar-refractivity contribution in [2.24, 2.45) is 79.3 Å². The first-order chi connectivity index (χ1) is 31.1. The van der Waals surface area contributed by atoms with Gasteiger partial charge < -0.3 is 29.2 Å².